The Bertz CT molecular complexity index is 1250. The molecule has 4 nitrogen and oxygen atoms in total. The van der Waals surface area contributed by atoms with E-state index in [4.69, 9.17) is 9.47 Å². The van der Waals surface area contributed by atoms with Gasteiger partial charge < -0.3 is 9.47 Å². The lowest BCUT2D eigenvalue weighted by Crippen LogP contribution is -2.04. The molecule has 0 radical (unpaired) electrons. The summed E-state index contributed by atoms with van der Waals surface area (Å²) < 4.78 is 38.9. The maximum atomic E-state index is 13.7. The number of benzene rings is 4. The highest BCUT2D eigenvalue weighted by atomic mass is 32.2. The van der Waals surface area contributed by atoms with Gasteiger partial charge in [-0.2, -0.15) is 0 Å². The predicted molar refractivity (Wildman–Crippen MR) is 137 cm³/mol. The summed E-state index contributed by atoms with van der Waals surface area (Å²) in [6.07, 6.45) is 0. The highest BCUT2D eigenvalue weighted by Gasteiger charge is 2.25. The second-order valence-corrected chi connectivity index (χ2v) is 10.7. The fourth-order valence-corrected chi connectivity index (χ4v) is 6.20. The number of aryl methyl sites for hydroxylation is 2. The Morgan fingerprint density at radius 1 is 0.529 bits per heavy atom. The van der Waals surface area contributed by atoms with E-state index in [-0.39, 0.29) is 0 Å². The van der Waals surface area contributed by atoms with Crippen LogP contribution in [0.1, 0.15) is 11.1 Å². The summed E-state index contributed by atoms with van der Waals surface area (Å²) in [4.78, 5) is 2.48. The van der Waals surface area contributed by atoms with Crippen LogP contribution in [0.4, 0.5) is 0 Å². The van der Waals surface area contributed by atoms with E-state index in [1.165, 1.54) is 0 Å². The first kappa shape index (κ1) is 23.9. The molecule has 0 aliphatic heterocycles. The maximum Gasteiger partial charge on any atom is 0.128 e. The van der Waals surface area contributed by atoms with Gasteiger partial charge in [-0.25, -0.2) is 8.42 Å². The van der Waals surface area contributed by atoms with Crippen molar-refractivity contribution in [3.63, 3.8) is 0 Å². The molecule has 0 aliphatic rings. The van der Waals surface area contributed by atoms with Crippen LogP contribution in [0.2, 0.25) is 0 Å². The number of hydrogen-bond donors (Lipinski definition) is 0. The molecule has 0 aliphatic carbocycles. The predicted octanol–water partition coefficient (Wildman–Crippen LogP) is 6.32. The van der Waals surface area contributed by atoms with E-state index in [9.17, 15) is 8.42 Å². The average molecular weight is 491 g/mol. The zero-order chi connectivity index (χ0) is 24.2. The van der Waals surface area contributed by atoms with Crippen molar-refractivity contribution in [3.05, 3.63) is 96.1 Å². The molecule has 6 heteroatoms. The molecule has 0 N–H and O–H groups in total. The third kappa shape index (κ3) is 4.69. The van der Waals surface area contributed by atoms with Crippen LogP contribution in [-0.4, -0.2) is 22.6 Å². The van der Waals surface area contributed by atoms with Crippen LogP contribution >= 0.6 is 0 Å². The van der Waals surface area contributed by atoms with E-state index in [0.717, 1.165) is 11.1 Å². The maximum absolute atomic E-state index is 13.7. The lowest BCUT2D eigenvalue weighted by atomic mass is 10.0. The first-order valence-electron chi connectivity index (χ1n) is 10.8. The zero-order valence-corrected chi connectivity index (χ0v) is 21.2. The number of methoxy groups -OCH3 is 2. The summed E-state index contributed by atoms with van der Waals surface area (Å²) in [7, 11) is 0.160. The quantitative estimate of drug-likeness (QED) is 0.304. The van der Waals surface area contributed by atoms with E-state index in [1.807, 2.05) is 98.8 Å². The standard InChI is InChI=1S/C28H26O4S2/c1-19-11-15-21(16-12-19)33(29)25-9-5-7-23(31-3)27(25)28-24(32-4)8-6-10-26(28)34(30)22-17-13-20(2)14-18-22/h5-18H,1-4H3. The molecule has 34 heavy (non-hydrogen) atoms. The Labute approximate surface area is 205 Å². The van der Waals surface area contributed by atoms with Crippen LogP contribution in [0.5, 0.6) is 11.5 Å². The molecule has 0 amide bonds. The van der Waals surface area contributed by atoms with Crippen molar-refractivity contribution >= 4 is 21.6 Å². The van der Waals surface area contributed by atoms with E-state index < -0.39 is 21.6 Å². The van der Waals surface area contributed by atoms with E-state index >= 15 is 0 Å². The molecule has 0 heterocycles. The molecule has 0 fully saturated rings. The van der Waals surface area contributed by atoms with Gasteiger partial charge in [0.15, 0.2) is 0 Å². The monoisotopic (exact) mass is 490 g/mol. The van der Waals surface area contributed by atoms with Crippen LogP contribution in [0.3, 0.4) is 0 Å². The highest BCUT2D eigenvalue weighted by Crippen LogP contribution is 2.45. The van der Waals surface area contributed by atoms with Crippen molar-refractivity contribution < 1.29 is 17.9 Å². The first-order valence-corrected chi connectivity index (χ1v) is 13.1. The van der Waals surface area contributed by atoms with Gasteiger partial charge in [-0.05, 0) is 62.4 Å². The van der Waals surface area contributed by atoms with Crippen molar-refractivity contribution in [3.8, 4) is 22.6 Å². The Balaban J connectivity index is 1.97. The molecule has 2 atom stereocenters. The summed E-state index contributed by atoms with van der Waals surface area (Å²) in [5.74, 6) is 1.06. The normalized spacial score (nSPS) is 12.7. The summed E-state index contributed by atoms with van der Waals surface area (Å²) in [5.41, 5.74) is 3.40. The molecular weight excluding hydrogens is 464 g/mol. The highest BCUT2D eigenvalue weighted by molar-refractivity contribution is 7.85. The Morgan fingerprint density at radius 3 is 1.21 bits per heavy atom. The fourth-order valence-electron chi connectivity index (χ4n) is 3.74. The summed E-state index contributed by atoms with van der Waals surface area (Å²) in [5, 5.41) is 0. The van der Waals surface area contributed by atoms with Crippen molar-refractivity contribution in [1.82, 2.24) is 0 Å². The molecule has 4 aromatic rings. The van der Waals surface area contributed by atoms with Crippen LogP contribution in [0, 0.1) is 13.8 Å². The van der Waals surface area contributed by atoms with Crippen molar-refractivity contribution in [1.29, 1.82) is 0 Å². The largest absolute Gasteiger partial charge is 0.496 e. The number of ether oxygens (including phenoxy) is 2. The number of hydrogen-bond acceptors (Lipinski definition) is 4. The molecule has 0 spiro atoms. The summed E-state index contributed by atoms with van der Waals surface area (Å²) >= 11 is 0. The molecular formula is C28H26O4S2. The van der Waals surface area contributed by atoms with Gasteiger partial charge in [0.05, 0.1) is 45.6 Å². The van der Waals surface area contributed by atoms with E-state index in [2.05, 4.69) is 0 Å². The molecule has 0 saturated heterocycles. The van der Waals surface area contributed by atoms with Crippen LogP contribution in [-0.2, 0) is 21.6 Å². The zero-order valence-electron chi connectivity index (χ0n) is 19.5. The van der Waals surface area contributed by atoms with Crippen molar-refractivity contribution in [2.75, 3.05) is 14.2 Å². The smallest absolute Gasteiger partial charge is 0.128 e. The van der Waals surface area contributed by atoms with Gasteiger partial charge in [0, 0.05) is 20.9 Å². The molecule has 4 rings (SSSR count). The SMILES string of the molecule is COc1cccc(S(=O)c2ccc(C)cc2)c1-c1c(OC)cccc1S(=O)c1ccc(C)cc1. The molecule has 0 saturated carbocycles. The lowest BCUT2D eigenvalue weighted by Gasteiger charge is -2.19. The average Bonchev–Trinajstić information content (AvgIpc) is 2.87. The van der Waals surface area contributed by atoms with Crippen LogP contribution in [0.25, 0.3) is 11.1 Å². The Morgan fingerprint density at radius 2 is 0.882 bits per heavy atom. The summed E-state index contributed by atoms with van der Waals surface area (Å²) in [6.45, 7) is 3.98. The van der Waals surface area contributed by atoms with E-state index in [0.29, 0.717) is 42.2 Å². The minimum atomic E-state index is -1.49. The van der Waals surface area contributed by atoms with Gasteiger partial charge in [-0.3, -0.25) is 0 Å². The summed E-state index contributed by atoms with van der Waals surface area (Å²) in [6, 6.07) is 26.1. The van der Waals surface area contributed by atoms with E-state index in [1.54, 1.807) is 14.2 Å². The third-order valence-corrected chi connectivity index (χ3v) is 8.42. The minimum Gasteiger partial charge on any atom is -0.496 e. The fraction of sp³-hybridized carbons (Fsp3) is 0.143. The van der Waals surface area contributed by atoms with Gasteiger partial charge in [-0.1, -0.05) is 47.5 Å². The topological polar surface area (TPSA) is 52.6 Å². The number of rotatable bonds is 7. The molecule has 0 aromatic heterocycles. The lowest BCUT2D eigenvalue weighted by molar-refractivity contribution is 0.408. The second-order valence-electron chi connectivity index (χ2n) is 7.83. The van der Waals surface area contributed by atoms with Gasteiger partial charge in [-0.15, -0.1) is 0 Å². The Kier molecular flexibility index (Phi) is 7.29. The molecule has 2 unspecified atom stereocenters. The van der Waals surface area contributed by atoms with Gasteiger partial charge in [0.25, 0.3) is 0 Å². The molecule has 174 valence electrons. The first-order chi connectivity index (χ1) is 16.4. The van der Waals surface area contributed by atoms with Crippen LogP contribution < -0.4 is 9.47 Å². The van der Waals surface area contributed by atoms with Crippen molar-refractivity contribution in [2.45, 2.75) is 33.4 Å². The van der Waals surface area contributed by atoms with Crippen molar-refractivity contribution in [2.24, 2.45) is 0 Å². The van der Waals surface area contributed by atoms with Gasteiger partial charge >= 0.3 is 0 Å². The molecule has 0 bridgehead atoms. The Hall–Kier alpha value is -3.22. The van der Waals surface area contributed by atoms with Crippen LogP contribution in [0.15, 0.2) is 105 Å². The molecule has 4 aromatic carbocycles. The minimum absolute atomic E-state index is 0.532. The third-order valence-electron chi connectivity index (χ3n) is 5.54. The van der Waals surface area contributed by atoms with Gasteiger partial charge in [0.1, 0.15) is 11.5 Å². The van der Waals surface area contributed by atoms with Gasteiger partial charge in [0.2, 0.25) is 0 Å². The second kappa shape index (κ2) is 10.4.